The highest BCUT2D eigenvalue weighted by atomic mass is 79.9. The van der Waals surface area contributed by atoms with Crippen LogP contribution in [0.1, 0.15) is 11.8 Å². The third-order valence-corrected chi connectivity index (χ3v) is 4.83. The van der Waals surface area contributed by atoms with Gasteiger partial charge in [0, 0.05) is 17.5 Å². The van der Waals surface area contributed by atoms with Crippen molar-refractivity contribution in [1.82, 2.24) is 4.90 Å². The average Bonchev–Trinajstić information content (AvgIpc) is 2.99. The molecule has 0 aliphatic heterocycles. The van der Waals surface area contributed by atoms with Crippen molar-refractivity contribution in [3.63, 3.8) is 0 Å². The van der Waals surface area contributed by atoms with E-state index in [1.807, 2.05) is 12.1 Å². The summed E-state index contributed by atoms with van der Waals surface area (Å²) in [5.41, 5.74) is -0.519. The second-order valence-corrected chi connectivity index (χ2v) is 7.47. The van der Waals surface area contributed by atoms with Gasteiger partial charge in [-0.1, -0.05) is 6.07 Å². The molecule has 2 amide bonds. The zero-order chi connectivity index (χ0) is 18.4. The summed E-state index contributed by atoms with van der Waals surface area (Å²) in [6, 6.07) is 7.01. The first kappa shape index (κ1) is 19.3. The minimum absolute atomic E-state index is 0.282. The molecule has 0 atom stereocenters. The number of likely N-dealkylation sites (N-methyl/N-ethyl adjacent to an activating group) is 1. The van der Waals surface area contributed by atoms with Crippen LogP contribution in [0.15, 0.2) is 40.2 Å². The second-order valence-electron chi connectivity index (χ2n) is 4.97. The molecule has 0 bridgehead atoms. The van der Waals surface area contributed by atoms with Crippen molar-refractivity contribution in [2.75, 3.05) is 18.4 Å². The van der Waals surface area contributed by atoms with Crippen molar-refractivity contribution in [3.05, 3.63) is 56.7 Å². The van der Waals surface area contributed by atoms with Gasteiger partial charge < -0.3 is 10.2 Å². The molecule has 25 heavy (non-hydrogen) atoms. The number of carbonyl (C=O) groups excluding carboxylic acids is 2. The van der Waals surface area contributed by atoms with E-state index in [1.54, 1.807) is 13.0 Å². The molecular weight excluding hydrogens is 414 g/mol. The van der Waals surface area contributed by atoms with Gasteiger partial charge >= 0.3 is 0 Å². The van der Waals surface area contributed by atoms with Gasteiger partial charge in [0.05, 0.1) is 3.79 Å². The Labute approximate surface area is 156 Å². The van der Waals surface area contributed by atoms with Crippen molar-refractivity contribution in [3.8, 4) is 0 Å². The molecule has 8 heteroatoms. The van der Waals surface area contributed by atoms with Crippen LogP contribution in [0.5, 0.6) is 0 Å². The maximum absolute atomic E-state index is 13.6. The number of anilines is 1. The predicted octanol–water partition coefficient (Wildman–Crippen LogP) is 4.29. The van der Waals surface area contributed by atoms with Gasteiger partial charge in [-0.25, -0.2) is 8.78 Å². The molecular formula is C17H15BrF2N2O2S. The molecule has 4 nitrogen and oxygen atoms in total. The normalized spacial score (nSPS) is 10.9. The SMILES string of the molecule is CCN(CC(=O)Nc1c(F)cccc1F)C(=O)C=Cc1ccc(Br)s1. The number of carbonyl (C=O) groups is 2. The zero-order valence-electron chi connectivity index (χ0n) is 13.3. The molecule has 0 aliphatic carbocycles. The number of nitrogens with one attached hydrogen (secondary N) is 1. The first-order valence-electron chi connectivity index (χ1n) is 7.37. The van der Waals surface area contributed by atoms with Gasteiger partial charge in [0.25, 0.3) is 0 Å². The zero-order valence-corrected chi connectivity index (χ0v) is 15.7. The summed E-state index contributed by atoms with van der Waals surface area (Å²) >= 11 is 4.80. The van der Waals surface area contributed by atoms with E-state index in [-0.39, 0.29) is 19.0 Å². The first-order valence-corrected chi connectivity index (χ1v) is 8.98. The molecule has 1 heterocycles. The number of nitrogens with zero attached hydrogens (tertiary/aromatic N) is 1. The van der Waals surface area contributed by atoms with E-state index in [9.17, 15) is 18.4 Å². The lowest BCUT2D eigenvalue weighted by Gasteiger charge is -2.18. The van der Waals surface area contributed by atoms with Crippen LogP contribution in [0.4, 0.5) is 14.5 Å². The molecule has 2 aromatic rings. The Balaban J connectivity index is 1.99. The van der Waals surface area contributed by atoms with Gasteiger partial charge in [-0.2, -0.15) is 0 Å². The van der Waals surface area contributed by atoms with E-state index in [0.717, 1.165) is 20.8 Å². The van der Waals surface area contributed by atoms with Gasteiger partial charge in [0.1, 0.15) is 23.9 Å². The van der Waals surface area contributed by atoms with Crippen LogP contribution in [-0.2, 0) is 9.59 Å². The molecule has 0 radical (unpaired) electrons. The van der Waals surface area contributed by atoms with E-state index in [4.69, 9.17) is 0 Å². The number of rotatable bonds is 6. The summed E-state index contributed by atoms with van der Waals surface area (Å²) in [5, 5.41) is 2.16. The Kier molecular flexibility index (Phi) is 6.83. The smallest absolute Gasteiger partial charge is 0.247 e. The molecule has 1 N–H and O–H groups in total. The lowest BCUT2D eigenvalue weighted by Crippen LogP contribution is -2.37. The first-order chi connectivity index (χ1) is 11.9. The summed E-state index contributed by atoms with van der Waals surface area (Å²) in [6.45, 7) is 1.69. The Hall–Kier alpha value is -2.06. The molecule has 0 fully saturated rings. The quantitative estimate of drug-likeness (QED) is 0.697. The highest BCUT2D eigenvalue weighted by Gasteiger charge is 2.16. The summed E-state index contributed by atoms with van der Waals surface area (Å²) in [7, 11) is 0. The van der Waals surface area contributed by atoms with E-state index >= 15 is 0 Å². The summed E-state index contributed by atoms with van der Waals surface area (Å²) in [4.78, 5) is 26.3. The molecule has 2 rings (SSSR count). The minimum Gasteiger partial charge on any atom is -0.330 e. The molecule has 0 saturated carbocycles. The van der Waals surface area contributed by atoms with Crippen molar-refractivity contribution in [2.45, 2.75) is 6.92 Å². The van der Waals surface area contributed by atoms with Gasteiger partial charge in [0.15, 0.2) is 0 Å². The molecule has 0 saturated heterocycles. The van der Waals surface area contributed by atoms with Gasteiger partial charge in [-0.15, -0.1) is 11.3 Å². The number of thiophene rings is 1. The lowest BCUT2D eigenvalue weighted by molar-refractivity contribution is -0.130. The summed E-state index contributed by atoms with van der Waals surface area (Å²) in [5.74, 6) is -2.78. The number of para-hydroxylation sites is 1. The fraction of sp³-hybridized carbons (Fsp3) is 0.176. The highest BCUT2D eigenvalue weighted by molar-refractivity contribution is 9.11. The Morgan fingerprint density at radius 1 is 1.24 bits per heavy atom. The molecule has 1 aromatic heterocycles. The number of halogens is 3. The summed E-state index contributed by atoms with van der Waals surface area (Å²) in [6.07, 6.45) is 3.01. The highest BCUT2D eigenvalue weighted by Crippen LogP contribution is 2.23. The van der Waals surface area contributed by atoms with Crippen LogP contribution in [0.2, 0.25) is 0 Å². The maximum Gasteiger partial charge on any atom is 0.247 e. The predicted molar refractivity (Wildman–Crippen MR) is 98.3 cm³/mol. The summed E-state index contributed by atoms with van der Waals surface area (Å²) < 4.78 is 28.0. The maximum atomic E-state index is 13.6. The van der Waals surface area contributed by atoms with E-state index in [0.29, 0.717) is 0 Å². The molecule has 0 aliphatic rings. The molecule has 0 spiro atoms. The van der Waals surface area contributed by atoms with Crippen LogP contribution in [-0.4, -0.2) is 29.8 Å². The van der Waals surface area contributed by atoms with Crippen LogP contribution in [0, 0.1) is 11.6 Å². The van der Waals surface area contributed by atoms with Crippen LogP contribution >= 0.6 is 27.3 Å². The fourth-order valence-corrected chi connectivity index (χ4v) is 3.32. The van der Waals surface area contributed by atoms with Gasteiger partial charge in [-0.05, 0) is 53.2 Å². The molecule has 1 aromatic carbocycles. The van der Waals surface area contributed by atoms with E-state index in [2.05, 4.69) is 21.2 Å². The number of benzene rings is 1. The van der Waals surface area contributed by atoms with Crippen molar-refractivity contribution in [2.24, 2.45) is 0 Å². The number of hydrogen-bond acceptors (Lipinski definition) is 3. The topological polar surface area (TPSA) is 49.4 Å². The monoisotopic (exact) mass is 428 g/mol. The largest absolute Gasteiger partial charge is 0.330 e. The van der Waals surface area contributed by atoms with Gasteiger partial charge in [-0.3, -0.25) is 9.59 Å². The lowest BCUT2D eigenvalue weighted by atomic mass is 10.3. The van der Waals surface area contributed by atoms with Gasteiger partial charge in [0.2, 0.25) is 11.8 Å². The number of hydrogen-bond donors (Lipinski definition) is 1. The average molecular weight is 429 g/mol. The van der Waals surface area contributed by atoms with E-state index < -0.39 is 23.2 Å². The standard InChI is InChI=1S/C17H15BrF2N2O2S/c1-2-22(16(24)9-7-11-6-8-14(18)25-11)10-15(23)21-17-12(19)4-3-5-13(17)20/h3-9H,2,10H2,1H3,(H,21,23). The van der Waals surface area contributed by atoms with Crippen molar-refractivity contribution < 1.29 is 18.4 Å². The molecule has 132 valence electrons. The second kappa shape index (κ2) is 8.87. The van der Waals surface area contributed by atoms with Crippen molar-refractivity contribution >= 4 is 50.8 Å². The number of amides is 2. The van der Waals surface area contributed by atoms with E-state index in [1.165, 1.54) is 28.4 Å². The van der Waals surface area contributed by atoms with Crippen molar-refractivity contribution in [1.29, 1.82) is 0 Å². The van der Waals surface area contributed by atoms with Crippen LogP contribution < -0.4 is 5.32 Å². The van der Waals surface area contributed by atoms with Crippen LogP contribution in [0.3, 0.4) is 0 Å². The van der Waals surface area contributed by atoms with Crippen LogP contribution in [0.25, 0.3) is 6.08 Å². The Morgan fingerprint density at radius 3 is 2.48 bits per heavy atom. The third-order valence-electron chi connectivity index (χ3n) is 3.24. The minimum atomic E-state index is -0.870. The fourth-order valence-electron chi connectivity index (χ4n) is 1.99. The Morgan fingerprint density at radius 2 is 1.92 bits per heavy atom. The molecule has 0 unspecified atom stereocenters. The Bertz CT molecular complexity index is 787. The third kappa shape index (κ3) is 5.47.